The molecule has 1 unspecified atom stereocenters. The normalized spacial score (nSPS) is 13.2. The van der Waals surface area contributed by atoms with Crippen LogP contribution in [0.15, 0.2) is 46.0 Å². The fraction of sp³-hybridized carbons (Fsp3) is 0.214. The first-order valence-corrected chi connectivity index (χ1v) is 9.05. The van der Waals surface area contributed by atoms with E-state index in [4.69, 9.17) is 11.6 Å². The van der Waals surface area contributed by atoms with Crippen molar-refractivity contribution in [3.05, 3.63) is 52.4 Å². The molecule has 0 spiro atoms. The summed E-state index contributed by atoms with van der Waals surface area (Å²) in [6, 6.07) is 8.62. The summed E-state index contributed by atoms with van der Waals surface area (Å²) in [4.78, 5) is 11.3. The number of sulfonamides is 1. The van der Waals surface area contributed by atoms with Gasteiger partial charge in [-0.3, -0.25) is 4.79 Å². The van der Waals surface area contributed by atoms with Crippen LogP contribution in [0.2, 0.25) is 5.02 Å². The number of rotatable bonds is 6. The predicted molar refractivity (Wildman–Crippen MR) is 85.6 cm³/mol. The first kappa shape index (κ1) is 17.0. The van der Waals surface area contributed by atoms with Crippen molar-refractivity contribution in [1.29, 1.82) is 0 Å². The molecule has 2 rings (SSSR count). The van der Waals surface area contributed by atoms with Crippen molar-refractivity contribution < 1.29 is 18.3 Å². The Bertz CT molecular complexity index is 759. The summed E-state index contributed by atoms with van der Waals surface area (Å²) in [5, 5.41) is 11.3. The molecule has 22 heavy (non-hydrogen) atoms. The molecule has 2 aromatic rings. The Morgan fingerprint density at radius 2 is 2.00 bits per heavy atom. The molecule has 1 heterocycles. The molecule has 0 amide bonds. The lowest BCUT2D eigenvalue weighted by Crippen LogP contribution is -2.42. The second-order valence-corrected chi connectivity index (χ2v) is 8.06. The lowest BCUT2D eigenvalue weighted by atomic mass is 10.2. The maximum absolute atomic E-state index is 12.7. The van der Waals surface area contributed by atoms with E-state index in [9.17, 15) is 18.3 Å². The van der Waals surface area contributed by atoms with Gasteiger partial charge < -0.3 is 5.11 Å². The number of aliphatic carboxylic acids is 1. The fourth-order valence-electron chi connectivity index (χ4n) is 1.87. The molecule has 5 nitrogen and oxygen atoms in total. The van der Waals surface area contributed by atoms with E-state index < -0.39 is 22.0 Å². The summed E-state index contributed by atoms with van der Waals surface area (Å²) >= 11 is 7.11. The van der Waals surface area contributed by atoms with Gasteiger partial charge in [0.1, 0.15) is 10.3 Å². The molecule has 0 aliphatic heterocycles. The SMILES string of the molecule is CC(C(=O)O)N(Cc1ccccc1Cl)S(=O)(=O)c1cccs1. The zero-order chi connectivity index (χ0) is 16.3. The second-order valence-electron chi connectivity index (χ2n) is 4.59. The van der Waals surface area contributed by atoms with Crippen LogP contribution in [0.1, 0.15) is 12.5 Å². The number of nitrogens with zero attached hydrogens (tertiary/aromatic N) is 1. The van der Waals surface area contributed by atoms with Gasteiger partial charge in [0.2, 0.25) is 0 Å². The van der Waals surface area contributed by atoms with Crippen LogP contribution >= 0.6 is 22.9 Å². The minimum atomic E-state index is -3.90. The average molecular weight is 360 g/mol. The van der Waals surface area contributed by atoms with Gasteiger partial charge in [-0.2, -0.15) is 4.31 Å². The van der Waals surface area contributed by atoms with Gasteiger partial charge in [-0.25, -0.2) is 8.42 Å². The molecule has 0 bridgehead atoms. The molecule has 118 valence electrons. The lowest BCUT2D eigenvalue weighted by Gasteiger charge is -2.25. The molecule has 8 heteroatoms. The first-order chi connectivity index (χ1) is 10.3. The van der Waals surface area contributed by atoms with Crippen LogP contribution in [0.3, 0.4) is 0 Å². The predicted octanol–water partition coefficient (Wildman–Crippen LogP) is 3.07. The van der Waals surface area contributed by atoms with E-state index in [1.54, 1.807) is 35.7 Å². The summed E-state index contributed by atoms with van der Waals surface area (Å²) in [7, 11) is -3.90. The average Bonchev–Trinajstić information content (AvgIpc) is 3.00. The van der Waals surface area contributed by atoms with Crippen LogP contribution in [0.5, 0.6) is 0 Å². The molecular weight excluding hydrogens is 346 g/mol. The van der Waals surface area contributed by atoms with E-state index in [2.05, 4.69) is 0 Å². The summed E-state index contributed by atoms with van der Waals surface area (Å²) in [5.74, 6) is -1.22. The topological polar surface area (TPSA) is 74.7 Å². The molecule has 0 saturated heterocycles. The highest BCUT2D eigenvalue weighted by Gasteiger charge is 2.34. The van der Waals surface area contributed by atoms with Crippen LogP contribution < -0.4 is 0 Å². The fourth-order valence-corrected chi connectivity index (χ4v) is 4.75. The monoisotopic (exact) mass is 359 g/mol. The van der Waals surface area contributed by atoms with Crippen molar-refractivity contribution in [3.8, 4) is 0 Å². The molecule has 0 radical (unpaired) electrons. The van der Waals surface area contributed by atoms with Gasteiger partial charge in [-0.05, 0) is 30.0 Å². The van der Waals surface area contributed by atoms with E-state index in [1.807, 2.05) is 0 Å². The van der Waals surface area contributed by atoms with Gasteiger partial charge in [0.15, 0.2) is 0 Å². The molecule has 0 fully saturated rings. The van der Waals surface area contributed by atoms with E-state index in [1.165, 1.54) is 13.0 Å². The lowest BCUT2D eigenvalue weighted by molar-refractivity contribution is -0.141. The Balaban J connectivity index is 2.44. The van der Waals surface area contributed by atoms with Crippen molar-refractivity contribution in [2.24, 2.45) is 0 Å². The largest absolute Gasteiger partial charge is 0.480 e. The second kappa shape index (κ2) is 6.78. The zero-order valence-electron chi connectivity index (χ0n) is 11.6. The number of carboxylic acid groups (broad SMARTS) is 1. The van der Waals surface area contributed by atoms with Gasteiger partial charge in [-0.1, -0.05) is 35.9 Å². The third-order valence-corrected chi connectivity index (χ3v) is 6.79. The third-order valence-electron chi connectivity index (χ3n) is 3.13. The summed E-state index contributed by atoms with van der Waals surface area (Å²) in [6.45, 7) is 1.23. The van der Waals surface area contributed by atoms with Crippen LogP contribution in [0, 0.1) is 0 Å². The van der Waals surface area contributed by atoms with Crippen molar-refractivity contribution in [2.75, 3.05) is 0 Å². The number of hydrogen-bond donors (Lipinski definition) is 1. The van der Waals surface area contributed by atoms with E-state index in [0.29, 0.717) is 10.6 Å². The summed E-state index contributed by atoms with van der Waals surface area (Å²) < 4.78 is 26.4. The van der Waals surface area contributed by atoms with Crippen molar-refractivity contribution in [3.63, 3.8) is 0 Å². The molecule has 1 N–H and O–H groups in total. The van der Waals surface area contributed by atoms with Gasteiger partial charge in [0.25, 0.3) is 10.0 Å². The molecule has 0 aliphatic carbocycles. The molecular formula is C14H14ClNO4S2. The number of hydrogen-bond acceptors (Lipinski definition) is 4. The third kappa shape index (κ3) is 3.49. The van der Waals surface area contributed by atoms with Crippen molar-refractivity contribution in [2.45, 2.75) is 23.7 Å². The van der Waals surface area contributed by atoms with Crippen LogP contribution in [0.4, 0.5) is 0 Å². The number of halogens is 1. The number of benzene rings is 1. The standard InChI is InChI=1S/C14H14ClNO4S2/c1-10(14(17)18)16(9-11-5-2-3-6-12(11)15)22(19,20)13-7-4-8-21-13/h2-8,10H,9H2,1H3,(H,17,18). The Labute approximate surface area is 137 Å². The quantitative estimate of drug-likeness (QED) is 0.860. The Kier molecular flexibility index (Phi) is 5.23. The molecule has 1 aromatic heterocycles. The van der Waals surface area contributed by atoms with Gasteiger partial charge in [0, 0.05) is 11.6 Å². The van der Waals surface area contributed by atoms with Crippen LogP contribution in [-0.2, 0) is 21.4 Å². The maximum atomic E-state index is 12.7. The molecule has 1 aromatic carbocycles. The zero-order valence-corrected chi connectivity index (χ0v) is 14.0. The summed E-state index contributed by atoms with van der Waals surface area (Å²) in [5.41, 5.74) is 0.553. The molecule has 0 aliphatic rings. The minimum absolute atomic E-state index is 0.104. The molecule has 1 atom stereocenters. The van der Waals surface area contributed by atoms with Crippen LogP contribution in [0.25, 0.3) is 0 Å². The van der Waals surface area contributed by atoms with Gasteiger partial charge >= 0.3 is 5.97 Å². The van der Waals surface area contributed by atoms with Gasteiger partial charge in [-0.15, -0.1) is 11.3 Å². The van der Waals surface area contributed by atoms with E-state index >= 15 is 0 Å². The number of thiophene rings is 1. The van der Waals surface area contributed by atoms with Crippen molar-refractivity contribution >= 4 is 38.9 Å². The smallest absolute Gasteiger partial charge is 0.321 e. The highest BCUT2D eigenvalue weighted by molar-refractivity contribution is 7.91. The van der Waals surface area contributed by atoms with E-state index in [0.717, 1.165) is 15.6 Å². The number of carboxylic acids is 1. The Morgan fingerprint density at radius 1 is 1.32 bits per heavy atom. The number of carbonyl (C=O) groups is 1. The Hall–Kier alpha value is -1.41. The highest BCUT2D eigenvalue weighted by Crippen LogP contribution is 2.26. The Morgan fingerprint density at radius 3 is 2.55 bits per heavy atom. The maximum Gasteiger partial charge on any atom is 0.321 e. The summed E-state index contributed by atoms with van der Waals surface area (Å²) in [6.07, 6.45) is 0. The minimum Gasteiger partial charge on any atom is -0.480 e. The first-order valence-electron chi connectivity index (χ1n) is 6.35. The van der Waals surface area contributed by atoms with E-state index in [-0.39, 0.29) is 10.8 Å². The highest BCUT2D eigenvalue weighted by atomic mass is 35.5. The van der Waals surface area contributed by atoms with Crippen molar-refractivity contribution in [1.82, 2.24) is 4.31 Å². The van der Waals surface area contributed by atoms with Crippen LogP contribution in [-0.4, -0.2) is 29.8 Å². The van der Waals surface area contributed by atoms with Gasteiger partial charge in [0.05, 0.1) is 0 Å². The molecule has 0 saturated carbocycles.